The van der Waals surface area contributed by atoms with Crippen LogP contribution >= 0.6 is 0 Å². The molecule has 0 amide bonds. The molecule has 4 aliphatic rings. The lowest BCUT2D eigenvalue weighted by molar-refractivity contribution is -0.0989. The van der Waals surface area contributed by atoms with E-state index in [9.17, 15) is 15.2 Å². The van der Waals surface area contributed by atoms with Crippen LogP contribution in [0.1, 0.15) is 30.1 Å². The fourth-order valence-corrected chi connectivity index (χ4v) is 4.28. The van der Waals surface area contributed by atoms with Crippen molar-refractivity contribution in [2.24, 2.45) is 11.3 Å². The smallest absolute Gasteiger partial charge is 0.186 e. The van der Waals surface area contributed by atoms with E-state index in [0.717, 1.165) is 0 Å². The Morgan fingerprint density at radius 1 is 1.48 bits per heavy atom. The second-order valence-electron chi connectivity index (χ2n) is 6.34. The molecule has 0 aromatic heterocycles. The van der Waals surface area contributed by atoms with Crippen molar-refractivity contribution in [3.8, 4) is 17.6 Å². The van der Waals surface area contributed by atoms with Crippen LogP contribution < -0.4 is 4.74 Å². The molecular weight excluding hydrogens is 294 g/mol. The average Bonchev–Trinajstić information content (AvgIpc) is 2.55. The standard InChI is InChI=1S/C18H17NO4/c1-2-22-14-6-10-7-15-18(14,8-11(10)9-19)17(21)16-12(20)4-3-5-13(16)23-15/h3-5,8,10,14-15,20H,2,6-7H2,1H3/t10?,14-,15-,18?/m1/s1. The number of rotatable bonds is 2. The summed E-state index contributed by atoms with van der Waals surface area (Å²) in [6.45, 7) is 2.38. The van der Waals surface area contributed by atoms with Crippen molar-refractivity contribution in [2.45, 2.75) is 32.0 Å². The number of nitrogens with zero attached hydrogens (tertiary/aromatic N) is 1. The third-order valence-corrected chi connectivity index (χ3v) is 5.29. The van der Waals surface area contributed by atoms with Gasteiger partial charge in [0.1, 0.15) is 28.6 Å². The number of fused-ring (bicyclic) bond motifs is 2. The fourth-order valence-electron chi connectivity index (χ4n) is 4.28. The van der Waals surface area contributed by atoms with Gasteiger partial charge in [-0.1, -0.05) is 12.1 Å². The van der Waals surface area contributed by atoms with E-state index in [1.54, 1.807) is 18.2 Å². The third-order valence-electron chi connectivity index (χ3n) is 5.29. The quantitative estimate of drug-likeness (QED) is 0.908. The summed E-state index contributed by atoms with van der Waals surface area (Å²) in [5.41, 5.74) is -0.183. The topological polar surface area (TPSA) is 79.5 Å². The van der Waals surface area contributed by atoms with Gasteiger partial charge in [-0.3, -0.25) is 4.79 Å². The number of Topliss-reactive ketones (excluding diaryl/α,β-unsaturated/α-hetero) is 1. The minimum Gasteiger partial charge on any atom is -0.507 e. The average molecular weight is 311 g/mol. The van der Waals surface area contributed by atoms with Gasteiger partial charge in [0.25, 0.3) is 0 Å². The molecule has 0 saturated heterocycles. The molecule has 5 heteroatoms. The number of hydrogen-bond donors (Lipinski definition) is 1. The molecular formula is C18H17NO4. The monoisotopic (exact) mass is 311 g/mol. The van der Waals surface area contributed by atoms with E-state index in [1.165, 1.54) is 6.07 Å². The number of ether oxygens (including phenoxy) is 2. The van der Waals surface area contributed by atoms with Crippen molar-refractivity contribution in [2.75, 3.05) is 6.61 Å². The summed E-state index contributed by atoms with van der Waals surface area (Å²) in [6, 6.07) is 7.07. The van der Waals surface area contributed by atoms with E-state index >= 15 is 0 Å². The van der Waals surface area contributed by atoms with Gasteiger partial charge < -0.3 is 14.6 Å². The number of nitriles is 1. The van der Waals surface area contributed by atoms with E-state index in [4.69, 9.17) is 9.47 Å². The van der Waals surface area contributed by atoms with E-state index < -0.39 is 5.41 Å². The largest absolute Gasteiger partial charge is 0.507 e. The molecule has 1 aliphatic heterocycles. The van der Waals surface area contributed by atoms with Crippen LogP contribution in [0.25, 0.3) is 0 Å². The van der Waals surface area contributed by atoms with Crippen molar-refractivity contribution in [3.63, 3.8) is 0 Å². The van der Waals surface area contributed by atoms with Crippen molar-refractivity contribution < 1.29 is 19.4 Å². The molecule has 1 spiro atoms. The summed E-state index contributed by atoms with van der Waals surface area (Å²) in [4.78, 5) is 13.3. The summed E-state index contributed by atoms with van der Waals surface area (Å²) in [5, 5.41) is 19.5. The van der Waals surface area contributed by atoms with Crippen LogP contribution in [0.3, 0.4) is 0 Å². The van der Waals surface area contributed by atoms with E-state index in [0.29, 0.717) is 30.8 Å². The van der Waals surface area contributed by atoms with Gasteiger partial charge in [0, 0.05) is 12.2 Å². The number of allylic oxidation sites excluding steroid dienone is 1. The maximum Gasteiger partial charge on any atom is 0.186 e. The molecule has 1 N–H and O–H groups in total. The molecule has 1 heterocycles. The molecule has 5 nitrogen and oxygen atoms in total. The number of phenolic OH excluding ortho intramolecular Hbond substituents is 1. The molecule has 2 bridgehead atoms. The Kier molecular flexibility index (Phi) is 3.00. The van der Waals surface area contributed by atoms with Crippen molar-refractivity contribution in [1.82, 2.24) is 0 Å². The number of hydrogen-bond acceptors (Lipinski definition) is 5. The third kappa shape index (κ3) is 1.73. The lowest BCUT2D eigenvalue weighted by Gasteiger charge is -2.54. The van der Waals surface area contributed by atoms with Gasteiger partial charge in [-0.25, -0.2) is 0 Å². The van der Waals surface area contributed by atoms with Crippen LogP contribution in [0.5, 0.6) is 11.5 Å². The van der Waals surface area contributed by atoms with E-state index in [1.807, 2.05) is 6.92 Å². The summed E-state index contributed by atoms with van der Waals surface area (Å²) >= 11 is 0. The Balaban J connectivity index is 1.93. The highest BCUT2D eigenvalue weighted by Gasteiger charge is 2.62. The van der Waals surface area contributed by atoms with Crippen LogP contribution in [-0.2, 0) is 4.74 Å². The highest BCUT2D eigenvalue weighted by molar-refractivity contribution is 6.08. The fraction of sp³-hybridized carbons (Fsp3) is 0.444. The number of ketones is 1. The van der Waals surface area contributed by atoms with Gasteiger partial charge in [0.15, 0.2) is 5.78 Å². The molecule has 118 valence electrons. The Morgan fingerprint density at radius 2 is 2.30 bits per heavy atom. The predicted molar refractivity (Wildman–Crippen MR) is 81.1 cm³/mol. The maximum absolute atomic E-state index is 13.3. The molecule has 1 saturated carbocycles. The van der Waals surface area contributed by atoms with Crippen LogP contribution in [-0.4, -0.2) is 29.7 Å². The minimum absolute atomic E-state index is 0.0649. The normalized spacial score (nSPS) is 34.0. The molecule has 1 aromatic carbocycles. The van der Waals surface area contributed by atoms with Gasteiger partial charge in [0.2, 0.25) is 0 Å². The van der Waals surface area contributed by atoms with Gasteiger partial charge in [-0.15, -0.1) is 0 Å². The van der Waals surface area contributed by atoms with Gasteiger partial charge >= 0.3 is 0 Å². The minimum atomic E-state index is -1.01. The van der Waals surface area contributed by atoms with Crippen LogP contribution in [0.15, 0.2) is 29.8 Å². The number of carbonyl (C=O) groups excluding carboxylic acids is 1. The molecule has 23 heavy (non-hydrogen) atoms. The summed E-state index contributed by atoms with van der Waals surface area (Å²) in [5.74, 6) is 0.191. The maximum atomic E-state index is 13.3. The molecule has 2 unspecified atom stereocenters. The molecule has 1 aromatic rings. The molecule has 1 fully saturated rings. The van der Waals surface area contributed by atoms with Crippen molar-refractivity contribution in [3.05, 3.63) is 35.4 Å². The second-order valence-corrected chi connectivity index (χ2v) is 6.34. The molecule has 3 aliphatic carbocycles. The summed E-state index contributed by atoms with van der Waals surface area (Å²) < 4.78 is 11.9. The highest BCUT2D eigenvalue weighted by Crippen LogP contribution is 2.56. The predicted octanol–water partition coefficient (Wildman–Crippen LogP) is 2.60. The Morgan fingerprint density at radius 3 is 3.04 bits per heavy atom. The number of aromatic hydroxyl groups is 1. The first kappa shape index (κ1) is 14.3. The van der Waals surface area contributed by atoms with Gasteiger partial charge in [-0.05, 0) is 37.8 Å². The highest BCUT2D eigenvalue weighted by atomic mass is 16.5. The first-order valence-corrected chi connectivity index (χ1v) is 7.89. The molecule has 5 rings (SSSR count). The Hall–Kier alpha value is -2.32. The number of carbonyl (C=O) groups is 1. The lowest BCUT2D eigenvalue weighted by atomic mass is 9.55. The zero-order chi connectivity index (χ0) is 16.2. The van der Waals surface area contributed by atoms with Crippen LogP contribution in [0.2, 0.25) is 0 Å². The zero-order valence-electron chi connectivity index (χ0n) is 12.8. The Bertz CT molecular complexity index is 763. The van der Waals surface area contributed by atoms with Gasteiger partial charge in [-0.2, -0.15) is 5.26 Å². The second kappa shape index (κ2) is 4.84. The molecule has 4 atom stereocenters. The number of phenols is 1. The van der Waals surface area contributed by atoms with Crippen molar-refractivity contribution >= 4 is 5.78 Å². The van der Waals surface area contributed by atoms with E-state index in [-0.39, 0.29) is 35.2 Å². The van der Waals surface area contributed by atoms with Crippen LogP contribution in [0, 0.1) is 22.7 Å². The van der Waals surface area contributed by atoms with Crippen molar-refractivity contribution in [1.29, 1.82) is 5.26 Å². The lowest BCUT2D eigenvalue weighted by Crippen LogP contribution is -2.62. The number of benzene rings is 1. The zero-order valence-corrected chi connectivity index (χ0v) is 12.8. The van der Waals surface area contributed by atoms with Crippen LogP contribution in [0.4, 0.5) is 0 Å². The van der Waals surface area contributed by atoms with Gasteiger partial charge in [0.05, 0.1) is 12.2 Å². The first-order valence-electron chi connectivity index (χ1n) is 7.89. The molecule has 0 radical (unpaired) electrons. The first-order chi connectivity index (χ1) is 11.1. The summed E-state index contributed by atoms with van der Waals surface area (Å²) in [6.07, 6.45) is 2.34. The Labute approximate surface area is 134 Å². The van der Waals surface area contributed by atoms with E-state index in [2.05, 4.69) is 6.07 Å². The SMILES string of the molecule is CCO[C@@H]1CC2C[C@H]3Oc4cccc(O)c4C(=O)C13C=C2C#N. The summed E-state index contributed by atoms with van der Waals surface area (Å²) in [7, 11) is 0.